The van der Waals surface area contributed by atoms with Crippen LogP contribution in [0.1, 0.15) is 12.1 Å². The monoisotopic (exact) mass is 318 g/mol. The highest BCUT2D eigenvalue weighted by molar-refractivity contribution is 5.82. The molecule has 2 bridgehead atoms. The summed E-state index contributed by atoms with van der Waals surface area (Å²) in [6.07, 6.45) is 3.38. The van der Waals surface area contributed by atoms with Gasteiger partial charge in [-0.15, -0.1) is 0 Å². The summed E-state index contributed by atoms with van der Waals surface area (Å²) >= 11 is 0. The Hall–Kier alpha value is -2.53. The molecule has 4 heterocycles. The zero-order valence-corrected chi connectivity index (χ0v) is 13.5. The number of hydrogen-bond acceptors (Lipinski definition) is 5. The maximum absolute atomic E-state index is 5.66. The lowest BCUT2D eigenvalue weighted by Gasteiger charge is -2.27. The van der Waals surface area contributed by atoms with Crippen LogP contribution in [0.25, 0.3) is 22.3 Å². The Kier molecular flexibility index (Phi) is 3.03. The van der Waals surface area contributed by atoms with Gasteiger partial charge in [-0.2, -0.15) is 0 Å². The molecule has 2 saturated heterocycles. The van der Waals surface area contributed by atoms with Crippen LogP contribution in [0.4, 0.5) is 5.82 Å². The van der Waals surface area contributed by atoms with E-state index in [1.54, 1.807) is 0 Å². The standard InChI is InChI=1S/C19H18N4O/c1-12-16-4-2-3-5-17(16)22-19(21-12)13-6-7-18(20-9-13)23-10-15-8-14(23)11-24-15/h2-7,9,14-15H,8,10-11H2,1H3/t14-,15-/m1/s1. The number of pyridine rings is 1. The normalized spacial score (nSPS) is 22.5. The lowest BCUT2D eigenvalue weighted by atomic mass is 10.1. The third-order valence-corrected chi connectivity index (χ3v) is 4.99. The van der Waals surface area contributed by atoms with Crippen molar-refractivity contribution in [3.63, 3.8) is 0 Å². The number of aromatic nitrogens is 3. The van der Waals surface area contributed by atoms with E-state index in [0.717, 1.165) is 53.4 Å². The molecule has 0 spiro atoms. The minimum Gasteiger partial charge on any atom is -0.374 e. The predicted molar refractivity (Wildman–Crippen MR) is 93.0 cm³/mol. The molecule has 0 N–H and O–H groups in total. The topological polar surface area (TPSA) is 51.1 Å². The van der Waals surface area contributed by atoms with Crippen molar-refractivity contribution in [3.05, 3.63) is 48.3 Å². The van der Waals surface area contributed by atoms with Crippen molar-refractivity contribution in [3.8, 4) is 11.4 Å². The molecule has 2 aromatic heterocycles. The SMILES string of the molecule is Cc1nc(-c2ccc(N3C[C@H]4C[C@@H]3CO4)nc2)nc2ccccc12. The molecule has 2 fully saturated rings. The fourth-order valence-electron chi connectivity index (χ4n) is 3.73. The number of fused-ring (bicyclic) bond motifs is 3. The predicted octanol–water partition coefficient (Wildman–Crippen LogP) is 2.98. The molecular weight excluding hydrogens is 300 g/mol. The van der Waals surface area contributed by atoms with Crippen LogP contribution in [0.15, 0.2) is 42.6 Å². The van der Waals surface area contributed by atoms with Crippen LogP contribution < -0.4 is 4.90 Å². The van der Waals surface area contributed by atoms with Crippen LogP contribution in [-0.4, -0.2) is 40.2 Å². The number of nitrogens with zero attached hydrogens (tertiary/aromatic N) is 4. The summed E-state index contributed by atoms with van der Waals surface area (Å²) < 4.78 is 5.66. The van der Waals surface area contributed by atoms with Gasteiger partial charge in [0, 0.05) is 29.4 Å². The van der Waals surface area contributed by atoms with E-state index in [4.69, 9.17) is 4.74 Å². The highest BCUT2D eigenvalue weighted by atomic mass is 16.5. The van der Waals surface area contributed by atoms with Crippen LogP contribution in [0.2, 0.25) is 0 Å². The lowest BCUT2D eigenvalue weighted by Crippen LogP contribution is -2.37. The first-order valence-corrected chi connectivity index (χ1v) is 8.36. The van der Waals surface area contributed by atoms with Gasteiger partial charge in [0.25, 0.3) is 0 Å². The van der Waals surface area contributed by atoms with Gasteiger partial charge in [0.2, 0.25) is 0 Å². The van der Waals surface area contributed by atoms with Crippen LogP contribution in [-0.2, 0) is 4.74 Å². The summed E-state index contributed by atoms with van der Waals surface area (Å²) in [6, 6.07) is 12.7. The zero-order valence-electron chi connectivity index (χ0n) is 13.5. The molecule has 0 radical (unpaired) electrons. The van der Waals surface area contributed by atoms with Crippen molar-refractivity contribution in [2.45, 2.75) is 25.5 Å². The molecular formula is C19H18N4O. The van der Waals surface area contributed by atoms with Gasteiger partial charge in [-0.25, -0.2) is 15.0 Å². The van der Waals surface area contributed by atoms with Gasteiger partial charge in [-0.05, 0) is 31.5 Å². The quantitative estimate of drug-likeness (QED) is 0.727. The number of para-hydroxylation sites is 1. The Morgan fingerprint density at radius 2 is 2.04 bits per heavy atom. The summed E-state index contributed by atoms with van der Waals surface area (Å²) in [5.74, 6) is 1.75. The summed E-state index contributed by atoms with van der Waals surface area (Å²) in [5.41, 5.74) is 2.92. The average Bonchev–Trinajstić information content (AvgIpc) is 3.25. The second kappa shape index (κ2) is 5.24. The molecule has 0 saturated carbocycles. The fourth-order valence-corrected chi connectivity index (χ4v) is 3.73. The van der Waals surface area contributed by atoms with Gasteiger partial charge >= 0.3 is 0 Å². The summed E-state index contributed by atoms with van der Waals surface area (Å²) in [6.45, 7) is 3.79. The summed E-state index contributed by atoms with van der Waals surface area (Å²) in [4.78, 5) is 16.3. The Bertz CT molecular complexity index is 909. The van der Waals surface area contributed by atoms with Gasteiger partial charge in [-0.3, -0.25) is 0 Å². The van der Waals surface area contributed by atoms with Gasteiger partial charge in [0.05, 0.1) is 24.3 Å². The van der Waals surface area contributed by atoms with Crippen molar-refractivity contribution < 1.29 is 4.74 Å². The molecule has 0 unspecified atom stereocenters. The molecule has 0 amide bonds. The van der Waals surface area contributed by atoms with Gasteiger partial charge in [0.15, 0.2) is 5.82 Å². The Balaban J connectivity index is 1.49. The largest absolute Gasteiger partial charge is 0.374 e. The highest BCUT2D eigenvalue weighted by Gasteiger charge is 2.39. The summed E-state index contributed by atoms with van der Waals surface area (Å²) in [5, 5.41) is 1.10. The highest BCUT2D eigenvalue weighted by Crippen LogP contribution is 2.32. The number of benzene rings is 1. The number of aryl methyl sites for hydroxylation is 1. The smallest absolute Gasteiger partial charge is 0.161 e. The number of ether oxygens (including phenoxy) is 1. The second-order valence-electron chi connectivity index (χ2n) is 6.55. The molecule has 3 aromatic rings. The Morgan fingerprint density at radius 1 is 1.12 bits per heavy atom. The minimum absolute atomic E-state index is 0.378. The van der Waals surface area contributed by atoms with Crippen LogP contribution in [0.5, 0.6) is 0 Å². The van der Waals surface area contributed by atoms with E-state index in [1.165, 1.54) is 0 Å². The van der Waals surface area contributed by atoms with Crippen molar-refractivity contribution >= 4 is 16.7 Å². The van der Waals surface area contributed by atoms with E-state index in [0.29, 0.717) is 12.1 Å². The van der Waals surface area contributed by atoms with E-state index in [1.807, 2.05) is 31.3 Å². The number of anilines is 1. The first kappa shape index (κ1) is 13.9. The van der Waals surface area contributed by atoms with Crippen molar-refractivity contribution in [2.75, 3.05) is 18.1 Å². The molecule has 2 aliphatic heterocycles. The molecule has 0 aliphatic carbocycles. The second-order valence-corrected chi connectivity index (χ2v) is 6.55. The van der Waals surface area contributed by atoms with Crippen molar-refractivity contribution in [1.82, 2.24) is 15.0 Å². The van der Waals surface area contributed by atoms with E-state index in [-0.39, 0.29) is 0 Å². The van der Waals surface area contributed by atoms with Gasteiger partial charge in [-0.1, -0.05) is 18.2 Å². The molecule has 2 atom stereocenters. The molecule has 24 heavy (non-hydrogen) atoms. The summed E-state index contributed by atoms with van der Waals surface area (Å²) in [7, 11) is 0. The molecule has 120 valence electrons. The first-order valence-electron chi connectivity index (χ1n) is 8.36. The van der Waals surface area contributed by atoms with Crippen LogP contribution in [0, 0.1) is 6.92 Å². The molecule has 5 nitrogen and oxygen atoms in total. The third-order valence-electron chi connectivity index (χ3n) is 4.99. The van der Waals surface area contributed by atoms with Crippen LogP contribution >= 0.6 is 0 Å². The van der Waals surface area contributed by atoms with Crippen LogP contribution in [0.3, 0.4) is 0 Å². The van der Waals surface area contributed by atoms with E-state index < -0.39 is 0 Å². The molecule has 2 aliphatic rings. The first-order chi connectivity index (χ1) is 11.8. The van der Waals surface area contributed by atoms with Gasteiger partial charge in [0.1, 0.15) is 5.82 Å². The van der Waals surface area contributed by atoms with Crippen molar-refractivity contribution in [2.24, 2.45) is 0 Å². The average molecular weight is 318 g/mol. The molecule has 1 aromatic carbocycles. The molecule has 5 heteroatoms. The van der Waals surface area contributed by atoms with E-state index in [2.05, 4.69) is 38.1 Å². The Labute approximate surface area is 140 Å². The van der Waals surface area contributed by atoms with E-state index in [9.17, 15) is 0 Å². The minimum atomic E-state index is 0.378. The maximum atomic E-state index is 5.66. The number of rotatable bonds is 2. The third kappa shape index (κ3) is 2.16. The van der Waals surface area contributed by atoms with Crippen molar-refractivity contribution in [1.29, 1.82) is 0 Å². The number of hydrogen-bond donors (Lipinski definition) is 0. The Morgan fingerprint density at radius 3 is 2.79 bits per heavy atom. The van der Waals surface area contributed by atoms with Gasteiger partial charge < -0.3 is 9.64 Å². The lowest BCUT2D eigenvalue weighted by molar-refractivity contribution is 0.0989. The molecule has 5 rings (SSSR count). The zero-order chi connectivity index (χ0) is 16.1. The fraction of sp³-hybridized carbons (Fsp3) is 0.316. The number of morpholine rings is 1. The van der Waals surface area contributed by atoms with E-state index >= 15 is 0 Å². The maximum Gasteiger partial charge on any atom is 0.161 e.